The predicted molar refractivity (Wildman–Crippen MR) is 79.3 cm³/mol. The number of nitrogens with one attached hydrogen (secondary N) is 2. The van der Waals surface area contributed by atoms with Gasteiger partial charge in [-0.3, -0.25) is 0 Å². The summed E-state index contributed by atoms with van der Waals surface area (Å²) in [5, 5.41) is 15.4. The third-order valence-corrected chi connectivity index (χ3v) is 3.27. The molecule has 1 aliphatic rings. The van der Waals surface area contributed by atoms with Gasteiger partial charge in [0.25, 0.3) is 0 Å². The maximum Gasteiger partial charge on any atom is 0.0807 e. The molecule has 1 heterocycles. The Kier molecular flexibility index (Phi) is 4.45. The molecule has 4 heteroatoms. The number of β-amino-alcohol motifs (C(OH)–C–C–N with tert-alkyl or cyclic N) is 1. The van der Waals surface area contributed by atoms with Gasteiger partial charge in [0.1, 0.15) is 0 Å². The fourth-order valence-electron chi connectivity index (χ4n) is 2.21. The first-order chi connectivity index (χ1) is 8.96. The zero-order valence-corrected chi connectivity index (χ0v) is 12.1. The molecule has 2 rings (SSSR count). The lowest BCUT2D eigenvalue weighted by atomic mass is 10.1. The number of rotatable bonds is 5. The van der Waals surface area contributed by atoms with Gasteiger partial charge in [0.05, 0.1) is 11.8 Å². The fraction of sp³-hybridized carbons (Fsp3) is 0.600. The van der Waals surface area contributed by atoms with Gasteiger partial charge in [0.2, 0.25) is 0 Å². The molecule has 1 atom stereocenters. The van der Waals surface area contributed by atoms with Crippen LogP contribution in [-0.4, -0.2) is 36.4 Å². The summed E-state index contributed by atoms with van der Waals surface area (Å²) in [4.78, 5) is 0. The summed E-state index contributed by atoms with van der Waals surface area (Å²) in [6.45, 7) is 8.44. The number of hydrogen-bond donors (Lipinski definition) is 3. The van der Waals surface area contributed by atoms with Crippen LogP contribution in [0.2, 0.25) is 0 Å². The number of nitrogens with zero attached hydrogens (tertiary/aromatic N) is 1. The first kappa shape index (κ1) is 14.3. The van der Waals surface area contributed by atoms with E-state index in [1.807, 2.05) is 0 Å². The third-order valence-electron chi connectivity index (χ3n) is 3.27. The highest BCUT2D eigenvalue weighted by atomic mass is 16.3. The number of hydrazine groups is 1. The summed E-state index contributed by atoms with van der Waals surface area (Å²) in [6.07, 6.45) is 0.687. The van der Waals surface area contributed by atoms with Crippen molar-refractivity contribution in [2.24, 2.45) is 0 Å². The summed E-state index contributed by atoms with van der Waals surface area (Å²) in [5.74, 6) is 0. The van der Waals surface area contributed by atoms with Gasteiger partial charge in [-0.15, -0.1) is 0 Å². The van der Waals surface area contributed by atoms with E-state index in [9.17, 15) is 5.11 Å². The van der Waals surface area contributed by atoms with E-state index in [0.717, 1.165) is 13.0 Å². The Labute approximate surface area is 115 Å². The number of aliphatic hydroxyl groups is 1. The molecular weight excluding hydrogens is 238 g/mol. The van der Waals surface area contributed by atoms with Crippen LogP contribution in [0.15, 0.2) is 24.3 Å². The van der Waals surface area contributed by atoms with Gasteiger partial charge in [0.15, 0.2) is 0 Å². The van der Waals surface area contributed by atoms with Crippen molar-refractivity contribution < 1.29 is 5.11 Å². The lowest BCUT2D eigenvalue weighted by molar-refractivity contribution is 0.157. The Hall–Kier alpha value is -1.10. The highest BCUT2D eigenvalue weighted by Gasteiger charge is 2.19. The van der Waals surface area contributed by atoms with E-state index in [2.05, 4.69) is 60.8 Å². The van der Waals surface area contributed by atoms with Crippen LogP contribution in [0.4, 0.5) is 5.69 Å². The van der Waals surface area contributed by atoms with E-state index < -0.39 is 0 Å². The number of para-hydroxylation sites is 1. The van der Waals surface area contributed by atoms with E-state index in [0.29, 0.717) is 13.1 Å². The third kappa shape index (κ3) is 4.20. The molecule has 1 unspecified atom stereocenters. The van der Waals surface area contributed by atoms with Crippen LogP contribution in [0.25, 0.3) is 0 Å². The standard InChI is InChI=1S/C15H25N3O/c1-15(2,3)16-10-13(19)11-17-18-9-8-12-6-4-5-7-14(12)18/h4-7,13,16-17,19H,8-11H2,1-3H3. The maximum atomic E-state index is 9.97. The molecule has 106 valence electrons. The summed E-state index contributed by atoms with van der Waals surface area (Å²) in [6, 6.07) is 8.41. The molecule has 0 radical (unpaired) electrons. The Morgan fingerprint density at radius 2 is 2.00 bits per heavy atom. The summed E-state index contributed by atoms with van der Waals surface area (Å²) in [5.41, 5.74) is 5.97. The number of hydrogen-bond acceptors (Lipinski definition) is 4. The minimum absolute atomic E-state index is 0.0429. The van der Waals surface area contributed by atoms with Crippen molar-refractivity contribution in [2.75, 3.05) is 24.6 Å². The second-order valence-electron chi connectivity index (χ2n) is 6.18. The van der Waals surface area contributed by atoms with Crippen molar-refractivity contribution in [3.05, 3.63) is 29.8 Å². The van der Waals surface area contributed by atoms with Crippen molar-refractivity contribution in [3.63, 3.8) is 0 Å². The van der Waals surface area contributed by atoms with Crippen LogP contribution in [0.3, 0.4) is 0 Å². The van der Waals surface area contributed by atoms with E-state index in [4.69, 9.17) is 0 Å². The maximum absolute atomic E-state index is 9.97. The normalized spacial score (nSPS) is 16.5. The number of aliphatic hydroxyl groups excluding tert-OH is 1. The molecule has 3 N–H and O–H groups in total. The first-order valence-electron chi connectivity index (χ1n) is 6.98. The Bertz CT molecular complexity index is 414. The largest absolute Gasteiger partial charge is 0.390 e. The molecule has 0 aliphatic carbocycles. The molecule has 1 aromatic carbocycles. The number of fused-ring (bicyclic) bond motifs is 1. The molecule has 0 fully saturated rings. The van der Waals surface area contributed by atoms with Crippen LogP contribution in [-0.2, 0) is 6.42 Å². The molecule has 19 heavy (non-hydrogen) atoms. The first-order valence-corrected chi connectivity index (χ1v) is 6.98. The summed E-state index contributed by atoms with van der Waals surface area (Å²) >= 11 is 0. The topological polar surface area (TPSA) is 47.5 Å². The Morgan fingerprint density at radius 1 is 1.26 bits per heavy atom. The lowest BCUT2D eigenvalue weighted by Crippen LogP contribution is -2.47. The molecule has 1 aromatic rings. The van der Waals surface area contributed by atoms with Gasteiger partial charge in [-0.1, -0.05) is 18.2 Å². The molecule has 0 spiro atoms. The molecule has 4 nitrogen and oxygen atoms in total. The number of benzene rings is 1. The summed E-state index contributed by atoms with van der Waals surface area (Å²) in [7, 11) is 0. The van der Waals surface area contributed by atoms with Gasteiger partial charge >= 0.3 is 0 Å². The zero-order chi connectivity index (χ0) is 13.9. The highest BCUT2D eigenvalue weighted by molar-refractivity contribution is 5.56. The van der Waals surface area contributed by atoms with Gasteiger partial charge < -0.3 is 15.4 Å². The number of anilines is 1. The van der Waals surface area contributed by atoms with E-state index in [1.54, 1.807) is 0 Å². The van der Waals surface area contributed by atoms with Crippen molar-refractivity contribution >= 4 is 5.69 Å². The van der Waals surface area contributed by atoms with E-state index >= 15 is 0 Å². The van der Waals surface area contributed by atoms with Crippen LogP contribution in [0.5, 0.6) is 0 Å². The quantitative estimate of drug-likeness (QED) is 0.749. The van der Waals surface area contributed by atoms with Gasteiger partial charge in [-0.2, -0.15) is 0 Å². The SMILES string of the molecule is CC(C)(C)NCC(O)CNN1CCc2ccccc21. The Morgan fingerprint density at radius 3 is 2.74 bits per heavy atom. The zero-order valence-electron chi connectivity index (χ0n) is 12.1. The minimum Gasteiger partial charge on any atom is -0.390 e. The molecule has 0 amide bonds. The van der Waals surface area contributed by atoms with Gasteiger partial charge in [-0.25, -0.2) is 5.43 Å². The van der Waals surface area contributed by atoms with Crippen LogP contribution in [0, 0.1) is 0 Å². The minimum atomic E-state index is -0.382. The summed E-state index contributed by atoms with van der Waals surface area (Å²) < 4.78 is 0. The second-order valence-corrected chi connectivity index (χ2v) is 6.18. The van der Waals surface area contributed by atoms with Gasteiger partial charge in [0, 0.05) is 25.2 Å². The average Bonchev–Trinajstić information content (AvgIpc) is 2.76. The Balaban J connectivity index is 1.78. The molecule has 1 aliphatic heterocycles. The van der Waals surface area contributed by atoms with Crippen molar-refractivity contribution in [3.8, 4) is 0 Å². The fourth-order valence-corrected chi connectivity index (χ4v) is 2.21. The second kappa shape index (κ2) is 5.90. The molecule has 0 saturated carbocycles. The van der Waals surface area contributed by atoms with Crippen molar-refractivity contribution in [1.29, 1.82) is 0 Å². The molecule has 0 saturated heterocycles. The molecule has 0 bridgehead atoms. The smallest absolute Gasteiger partial charge is 0.0807 e. The average molecular weight is 263 g/mol. The van der Waals surface area contributed by atoms with Crippen LogP contribution < -0.4 is 15.8 Å². The lowest BCUT2D eigenvalue weighted by Gasteiger charge is -2.25. The van der Waals surface area contributed by atoms with E-state index in [1.165, 1.54) is 11.3 Å². The monoisotopic (exact) mass is 263 g/mol. The van der Waals surface area contributed by atoms with Crippen molar-refractivity contribution in [1.82, 2.24) is 10.7 Å². The predicted octanol–water partition coefficient (Wildman–Crippen LogP) is 1.30. The van der Waals surface area contributed by atoms with Gasteiger partial charge in [-0.05, 0) is 38.8 Å². The molecule has 0 aromatic heterocycles. The van der Waals surface area contributed by atoms with Crippen LogP contribution >= 0.6 is 0 Å². The van der Waals surface area contributed by atoms with Crippen LogP contribution in [0.1, 0.15) is 26.3 Å². The molecular formula is C15H25N3O. The highest BCUT2D eigenvalue weighted by Crippen LogP contribution is 2.25. The van der Waals surface area contributed by atoms with Crippen molar-refractivity contribution in [2.45, 2.75) is 38.8 Å². The van der Waals surface area contributed by atoms with E-state index in [-0.39, 0.29) is 11.6 Å².